The Morgan fingerprint density at radius 3 is 2.86 bits per heavy atom. The molecule has 0 unspecified atom stereocenters. The zero-order valence-electron chi connectivity index (χ0n) is 7.37. The van der Waals surface area contributed by atoms with Crippen molar-refractivity contribution >= 4 is 15.9 Å². The first kappa shape index (κ1) is 9.21. The van der Waals surface area contributed by atoms with E-state index in [1.54, 1.807) is 0 Å². The average Bonchev–Trinajstić information content (AvgIpc) is 2.51. The molecule has 0 radical (unpaired) electrons. The van der Waals surface area contributed by atoms with E-state index in [9.17, 15) is 4.79 Å². The molecule has 1 heterocycles. The Bertz CT molecular complexity index is 516. The summed E-state index contributed by atoms with van der Waals surface area (Å²) in [7, 11) is 0. The van der Waals surface area contributed by atoms with Gasteiger partial charge in [-0.25, -0.2) is 4.79 Å². The molecule has 1 aromatic carbocycles. The van der Waals surface area contributed by atoms with Crippen LogP contribution >= 0.6 is 15.9 Å². The van der Waals surface area contributed by atoms with Crippen LogP contribution < -0.4 is 5.76 Å². The summed E-state index contributed by atoms with van der Waals surface area (Å²) in [5, 5.41) is 3.62. The molecule has 2 rings (SSSR count). The number of rotatable bonds is 1. The van der Waals surface area contributed by atoms with E-state index in [0.717, 1.165) is 15.6 Å². The highest BCUT2D eigenvalue weighted by Gasteiger charge is 2.06. The van der Waals surface area contributed by atoms with Crippen molar-refractivity contribution in [2.24, 2.45) is 0 Å². The number of hydrogen-bond donors (Lipinski definition) is 1. The number of nitrogens with one attached hydrogen (secondary N) is 1. The van der Waals surface area contributed by atoms with E-state index in [0.29, 0.717) is 5.82 Å². The molecule has 0 saturated carbocycles. The molecule has 0 amide bonds. The zero-order chi connectivity index (χ0) is 10.1. The van der Waals surface area contributed by atoms with Crippen molar-refractivity contribution in [1.82, 2.24) is 10.1 Å². The lowest BCUT2D eigenvalue weighted by Crippen LogP contribution is -1.95. The summed E-state index contributed by atoms with van der Waals surface area (Å²) >= 11 is 3.36. The summed E-state index contributed by atoms with van der Waals surface area (Å²) in [6, 6.07) is 5.70. The Morgan fingerprint density at radius 2 is 2.29 bits per heavy atom. The molecular formula is C9H7BrN2O2. The van der Waals surface area contributed by atoms with Gasteiger partial charge >= 0.3 is 5.76 Å². The molecule has 0 aliphatic carbocycles. The Hall–Kier alpha value is -1.36. The fourth-order valence-electron chi connectivity index (χ4n) is 1.24. The number of nitrogens with zero attached hydrogens (tertiary/aromatic N) is 1. The highest BCUT2D eigenvalue weighted by Crippen LogP contribution is 2.22. The van der Waals surface area contributed by atoms with Crippen molar-refractivity contribution in [1.29, 1.82) is 0 Å². The minimum Gasteiger partial charge on any atom is -0.296 e. The predicted octanol–water partition coefficient (Wildman–Crippen LogP) is 2.10. The van der Waals surface area contributed by atoms with Crippen molar-refractivity contribution in [2.75, 3.05) is 0 Å². The Morgan fingerprint density at radius 1 is 1.50 bits per heavy atom. The molecule has 5 heteroatoms. The number of aryl methyl sites for hydroxylation is 1. The van der Waals surface area contributed by atoms with E-state index in [4.69, 9.17) is 0 Å². The monoisotopic (exact) mass is 254 g/mol. The van der Waals surface area contributed by atoms with Crippen LogP contribution in [0.2, 0.25) is 0 Å². The van der Waals surface area contributed by atoms with Crippen LogP contribution in [0, 0.1) is 6.92 Å². The van der Waals surface area contributed by atoms with E-state index in [2.05, 4.69) is 30.6 Å². The number of halogens is 1. The van der Waals surface area contributed by atoms with Crippen molar-refractivity contribution < 1.29 is 4.52 Å². The van der Waals surface area contributed by atoms with Crippen molar-refractivity contribution in [3.63, 3.8) is 0 Å². The van der Waals surface area contributed by atoms with Gasteiger partial charge in [-0.15, -0.1) is 0 Å². The van der Waals surface area contributed by atoms with Crippen LogP contribution in [0.15, 0.2) is 32.0 Å². The van der Waals surface area contributed by atoms with Gasteiger partial charge in [-0.1, -0.05) is 21.1 Å². The summed E-state index contributed by atoms with van der Waals surface area (Å²) in [5.74, 6) is -0.0812. The molecule has 0 aliphatic heterocycles. The van der Waals surface area contributed by atoms with Crippen LogP contribution in [-0.4, -0.2) is 10.1 Å². The molecule has 0 spiro atoms. The average molecular weight is 255 g/mol. The van der Waals surface area contributed by atoms with Gasteiger partial charge in [-0.05, 0) is 30.7 Å². The molecule has 1 N–H and O–H groups in total. The topological polar surface area (TPSA) is 58.9 Å². The number of benzene rings is 1. The van der Waals surface area contributed by atoms with E-state index in [1.807, 2.05) is 25.1 Å². The first-order valence-corrected chi connectivity index (χ1v) is 4.78. The van der Waals surface area contributed by atoms with Gasteiger partial charge in [-0.3, -0.25) is 9.51 Å². The van der Waals surface area contributed by atoms with Crippen LogP contribution in [0.4, 0.5) is 0 Å². The van der Waals surface area contributed by atoms with Crippen molar-refractivity contribution in [2.45, 2.75) is 6.92 Å². The lowest BCUT2D eigenvalue weighted by Gasteiger charge is -2.00. The van der Waals surface area contributed by atoms with E-state index >= 15 is 0 Å². The minimum absolute atomic E-state index is 0.458. The fourth-order valence-corrected chi connectivity index (χ4v) is 1.71. The second-order valence-corrected chi connectivity index (χ2v) is 3.82. The second kappa shape index (κ2) is 3.42. The highest BCUT2D eigenvalue weighted by molar-refractivity contribution is 9.10. The largest absolute Gasteiger partial charge is 0.439 e. The summed E-state index contributed by atoms with van der Waals surface area (Å²) < 4.78 is 5.42. The smallest absolute Gasteiger partial charge is 0.296 e. The molecule has 4 nitrogen and oxygen atoms in total. The molecular weight excluding hydrogens is 248 g/mol. The third kappa shape index (κ3) is 1.63. The van der Waals surface area contributed by atoms with Crippen LogP contribution in [0.5, 0.6) is 0 Å². The lowest BCUT2D eigenvalue weighted by molar-refractivity contribution is 0.388. The van der Waals surface area contributed by atoms with Gasteiger partial charge in [0.25, 0.3) is 0 Å². The Labute approximate surface area is 88.1 Å². The number of aromatic amines is 1. The fraction of sp³-hybridized carbons (Fsp3) is 0.111. The molecule has 0 atom stereocenters. The number of H-pyrrole nitrogens is 1. The second-order valence-electron chi connectivity index (χ2n) is 2.90. The first-order valence-electron chi connectivity index (χ1n) is 3.99. The molecule has 0 aliphatic rings. The highest BCUT2D eigenvalue weighted by atomic mass is 79.9. The molecule has 2 aromatic rings. The zero-order valence-corrected chi connectivity index (χ0v) is 8.96. The van der Waals surface area contributed by atoms with Gasteiger partial charge in [0.05, 0.1) is 0 Å². The summed E-state index contributed by atoms with van der Waals surface area (Å²) in [5.41, 5.74) is 1.88. The van der Waals surface area contributed by atoms with Gasteiger partial charge < -0.3 is 0 Å². The van der Waals surface area contributed by atoms with Crippen LogP contribution in [0.1, 0.15) is 5.56 Å². The maximum absolute atomic E-state index is 10.7. The maximum atomic E-state index is 10.7. The Balaban J connectivity index is 2.57. The SMILES string of the molecule is Cc1cc(Br)ccc1-c1noc(=O)[nH]1. The quantitative estimate of drug-likeness (QED) is 0.848. The molecule has 72 valence electrons. The van der Waals surface area contributed by atoms with Crippen molar-refractivity contribution in [3.8, 4) is 11.4 Å². The third-order valence-electron chi connectivity index (χ3n) is 1.88. The predicted molar refractivity (Wildman–Crippen MR) is 55.0 cm³/mol. The number of hydrogen-bond acceptors (Lipinski definition) is 3. The van der Waals surface area contributed by atoms with Crippen LogP contribution in [0.25, 0.3) is 11.4 Å². The summed E-state index contributed by atoms with van der Waals surface area (Å²) in [4.78, 5) is 13.3. The van der Waals surface area contributed by atoms with Gasteiger partial charge in [-0.2, -0.15) is 0 Å². The van der Waals surface area contributed by atoms with Gasteiger partial charge in [0, 0.05) is 10.0 Å². The molecule has 0 saturated heterocycles. The molecule has 0 fully saturated rings. The maximum Gasteiger partial charge on any atom is 0.439 e. The third-order valence-corrected chi connectivity index (χ3v) is 2.38. The van der Waals surface area contributed by atoms with Gasteiger partial charge in [0.1, 0.15) is 0 Å². The molecule has 1 aromatic heterocycles. The first-order chi connectivity index (χ1) is 6.66. The standard InChI is InChI=1S/C9H7BrN2O2/c1-5-4-6(10)2-3-7(5)8-11-9(13)14-12-8/h2-4H,1H3,(H,11,12,13). The van der Waals surface area contributed by atoms with Crippen molar-refractivity contribution in [3.05, 3.63) is 38.8 Å². The normalized spacial score (nSPS) is 10.4. The van der Waals surface area contributed by atoms with Gasteiger partial charge in [0.15, 0.2) is 5.82 Å². The molecule has 0 bridgehead atoms. The van der Waals surface area contributed by atoms with E-state index < -0.39 is 5.76 Å². The number of aromatic nitrogens is 2. The Kier molecular flexibility index (Phi) is 2.25. The lowest BCUT2D eigenvalue weighted by atomic mass is 10.1. The van der Waals surface area contributed by atoms with Crippen LogP contribution in [-0.2, 0) is 0 Å². The minimum atomic E-state index is -0.540. The van der Waals surface area contributed by atoms with Gasteiger partial charge in [0.2, 0.25) is 0 Å². The van der Waals surface area contributed by atoms with E-state index in [-0.39, 0.29) is 0 Å². The molecule has 14 heavy (non-hydrogen) atoms. The van der Waals surface area contributed by atoms with E-state index in [1.165, 1.54) is 0 Å². The summed E-state index contributed by atoms with van der Waals surface area (Å²) in [6.07, 6.45) is 0. The summed E-state index contributed by atoms with van der Waals surface area (Å²) in [6.45, 7) is 1.94. The van der Waals surface area contributed by atoms with Crippen LogP contribution in [0.3, 0.4) is 0 Å².